The van der Waals surface area contributed by atoms with Crippen molar-refractivity contribution in [3.8, 4) is 5.75 Å². The van der Waals surface area contributed by atoms with Gasteiger partial charge in [0.1, 0.15) is 5.75 Å². The maximum Gasteiger partial charge on any atom is 0.201 e. The molecular weight excluding hydrogens is 250 g/mol. The monoisotopic (exact) mass is 273 g/mol. The van der Waals surface area contributed by atoms with Gasteiger partial charge >= 0.3 is 0 Å². The second kappa shape index (κ2) is 5.73. The lowest BCUT2D eigenvalue weighted by atomic mass is 9.87. The quantitative estimate of drug-likeness (QED) is 0.926. The molecule has 0 aliphatic heterocycles. The van der Waals surface area contributed by atoms with E-state index in [0.717, 1.165) is 29.2 Å². The lowest BCUT2D eigenvalue weighted by Gasteiger charge is -2.21. The number of rotatable bonds is 4. The van der Waals surface area contributed by atoms with E-state index in [1.165, 1.54) is 38.5 Å². The van der Waals surface area contributed by atoms with Gasteiger partial charge in [0, 0.05) is 12.6 Å². The summed E-state index contributed by atoms with van der Waals surface area (Å²) in [6.07, 6.45) is 8.15. The van der Waals surface area contributed by atoms with Crippen LogP contribution < -0.4 is 10.5 Å². The molecule has 20 heavy (non-hydrogen) atoms. The fourth-order valence-corrected chi connectivity index (χ4v) is 3.28. The Morgan fingerprint density at radius 1 is 1.30 bits per heavy atom. The first-order valence-corrected chi connectivity index (χ1v) is 7.57. The lowest BCUT2D eigenvalue weighted by Crippen LogP contribution is -2.11. The Kier molecular flexibility index (Phi) is 3.81. The summed E-state index contributed by atoms with van der Waals surface area (Å²) in [6.45, 7) is 0.972. The summed E-state index contributed by atoms with van der Waals surface area (Å²) in [5.41, 5.74) is 8.10. The van der Waals surface area contributed by atoms with E-state index >= 15 is 0 Å². The van der Waals surface area contributed by atoms with E-state index in [1.54, 1.807) is 7.11 Å². The third-order valence-corrected chi connectivity index (χ3v) is 4.47. The highest BCUT2D eigenvalue weighted by Gasteiger charge is 2.15. The molecule has 1 heterocycles. The number of hydrogen-bond acceptors (Lipinski definition) is 3. The first kappa shape index (κ1) is 13.3. The summed E-state index contributed by atoms with van der Waals surface area (Å²) in [5, 5.41) is 0. The van der Waals surface area contributed by atoms with Crippen molar-refractivity contribution in [2.45, 2.75) is 45.1 Å². The number of ether oxygens (including phenoxy) is 1. The number of hydrogen-bond donors (Lipinski definition) is 1. The van der Waals surface area contributed by atoms with Crippen LogP contribution in [0.3, 0.4) is 0 Å². The molecule has 0 amide bonds. The van der Waals surface area contributed by atoms with Gasteiger partial charge in [-0.1, -0.05) is 32.1 Å². The van der Waals surface area contributed by atoms with E-state index < -0.39 is 0 Å². The smallest absolute Gasteiger partial charge is 0.201 e. The Morgan fingerprint density at radius 2 is 2.10 bits per heavy atom. The molecule has 0 radical (unpaired) electrons. The van der Waals surface area contributed by atoms with Crippen LogP contribution in [0.5, 0.6) is 5.75 Å². The first-order chi connectivity index (χ1) is 9.78. The van der Waals surface area contributed by atoms with Crippen molar-refractivity contribution >= 4 is 17.0 Å². The number of nitrogens with zero attached hydrogens (tertiary/aromatic N) is 2. The average molecular weight is 273 g/mol. The maximum atomic E-state index is 6.07. The molecule has 3 rings (SSSR count). The van der Waals surface area contributed by atoms with Crippen LogP contribution in [0.2, 0.25) is 0 Å². The van der Waals surface area contributed by atoms with Gasteiger partial charge in [-0.2, -0.15) is 0 Å². The van der Waals surface area contributed by atoms with Gasteiger partial charge in [-0.25, -0.2) is 4.98 Å². The van der Waals surface area contributed by atoms with Crippen molar-refractivity contribution in [1.82, 2.24) is 9.55 Å². The van der Waals surface area contributed by atoms with E-state index in [-0.39, 0.29) is 0 Å². The van der Waals surface area contributed by atoms with Gasteiger partial charge in [0.2, 0.25) is 5.95 Å². The average Bonchev–Trinajstić information content (AvgIpc) is 2.80. The highest BCUT2D eigenvalue weighted by atomic mass is 16.5. The van der Waals surface area contributed by atoms with E-state index in [1.807, 2.05) is 12.1 Å². The minimum Gasteiger partial charge on any atom is -0.497 e. The molecule has 1 aromatic heterocycles. The summed E-state index contributed by atoms with van der Waals surface area (Å²) in [5.74, 6) is 2.30. The topological polar surface area (TPSA) is 53.1 Å². The molecule has 1 aliphatic rings. The van der Waals surface area contributed by atoms with Crippen LogP contribution in [-0.4, -0.2) is 16.7 Å². The van der Waals surface area contributed by atoms with Gasteiger partial charge in [0.15, 0.2) is 0 Å². The predicted molar refractivity (Wildman–Crippen MR) is 81.9 cm³/mol. The van der Waals surface area contributed by atoms with Crippen LogP contribution in [0.15, 0.2) is 18.2 Å². The summed E-state index contributed by atoms with van der Waals surface area (Å²) < 4.78 is 7.38. The van der Waals surface area contributed by atoms with Crippen molar-refractivity contribution in [2.24, 2.45) is 5.92 Å². The van der Waals surface area contributed by atoms with Crippen LogP contribution in [0.25, 0.3) is 11.0 Å². The zero-order valence-corrected chi connectivity index (χ0v) is 12.1. The molecule has 1 saturated carbocycles. The zero-order chi connectivity index (χ0) is 13.9. The Hall–Kier alpha value is -1.71. The fraction of sp³-hybridized carbons (Fsp3) is 0.562. The summed E-state index contributed by atoms with van der Waals surface area (Å²) in [7, 11) is 1.67. The molecule has 0 atom stereocenters. The molecule has 1 aliphatic carbocycles. The molecule has 1 aromatic carbocycles. The van der Waals surface area contributed by atoms with Gasteiger partial charge in [0.05, 0.1) is 18.1 Å². The van der Waals surface area contributed by atoms with Gasteiger partial charge in [-0.05, 0) is 24.5 Å². The van der Waals surface area contributed by atoms with Crippen molar-refractivity contribution in [1.29, 1.82) is 0 Å². The summed E-state index contributed by atoms with van der Waals surface area (Å²) in [6, 6.07) is 5.97. The molecule has 2 aromatic rings. The number of benzene rings is 1. The number of nitrogen functional groups attached to an aromatic ring is 1. The Labute approximate surface area is 119 Å². The summed E-state index contributed by atoms with van der Waals surface area (Å²) >= 11 is 0. The third kappa shape index (κ3) is 2.60. The van der Waals surface area contributed by atoms with E-state index in [4.69, 9.17) is 10.5 Å². The highest BCUT2D eigenvalue weighted by molar-refractivity contribution is 5.79. The van der Waals surface area contributed by atoms with Crippen LogP contribution in [0, 0.1) is 5.92 Å². The van der Waals surface area contributed by atoms with Gasteiger partial charge in [-0.15, -0.1) is 0 Å². The van der Waals surface area contributed by atoms with Gasteiger partial charge < -0.3 is 15.0 Å². The van der Waals surface area contributed by atoms with Crippen LogP contribution in [0.1, 0.15) is 38.5 Å². The zero-order valence-electron chi connectivity index (χ0n) is 12.1. The lowest BCUT2D eigenvalue weighted by molar-refractivity contribution is 0.326. The standard InChI is InChI=1S/C16H23N3O/c1-20-13-7-8-15-14(11-13)18-16(17)19(15)10-9-12-5-3-2-4-6-12/h7-8,11-12H,2-6,9-10H2,1H3,(H2,17,18). The summed E-state index contributed by atoms with van der Waals surface area (Å²) in [4.78, 5) is 4.45. The number of nitrogens with two attached hydrogens (primary N) is 1. The molecule has 0 saturated heterocycles. The van der Waals surface area contributed by atoms with Crippen LogP contribution in [-0.2, 0) is 6.54 Å². The highest BCUT2D eigenvalue weighted by Crippen LogP contribution is 2.28. The Bertz CT molecular complexity index is 585. The van der Waals surface area contributed by atoms with E-state index in [0.29, 0.717) is 5.95 Å². The second-order valence-corrected chi connectivity index (χ2v) is 5.77. The SMILES string of the molecule is COc1ccc2c(c1)nc(N)n2CCC1CCCCC1. The van der Waals surface area contributed by atoms with Crippen molar-refractivity contribution in [2.75, 3.05) is 12.8 Å². The van der Waals surface area contributed by atoms with Crippen LogP contribution >= 0.6 is 0 Å². The first-order valence-electron chi connectivity index (χ1n) is 7.57. The number of methoxy groups -OCH3 is 1. The Morgan fingerprint density at radius 3 is 2.85 bits per heavy atom. The molecule has 108 valence electrons. The normalized spacial score (nSPS) is 16.6. The third-order valence-electron chi connectivity index (χ3n) is 4.47. The van der Waals surface area contributed by atoms with Crippen molar-refractivity contribution in [3.05, 3.63) is 18.2 Å². The molecule has 4 heteroatoms. The number of anilines is 1. The molecule has 2 N–H and O–H groups in total. The van der Waals surface area contributed by atoms with Crippen molar-refractivity contribution < 1.29 is 4.74 Å². The Balaban J connectivity index is 1.78. The number of fused-ring (bicyclic) bond motifs is 1. The molecule has 1 fully saturated rings. The predicted octanol–water partition coefficient (Wildman–Crippen LogP) is 3.60. The maximum absolute atomic E-state index is 6.07. The van der Waals surface area contributed by atoms with E-state index in [2.05, 4.69) is 15.6 Å². The van der Waals surface area contributed by atoms with Crippen molar-refractivity contribution in [3.63, 3.8) is 0 Å². The minimum absolute atomic E-state index is 0.615. The number of aromatic nitrogens is 2. The van der Waals surface area contributed by atoms with Gasteiger partial charge in [0.25, 0.3) is 0 Å². The largest absolute Gasteiger partial charge is 0.497 e. The van der Waals surface area contributed by atoms with Crippen LogP contribution in [0.4, 0.5) is 5.95 Å². The fourth-order valence-electron chi connectivity index (χ4n) is 3.28. The molecule has 0 unspecified atom stereocenters. The molecular formula is C16H23N3O. The number of imidazole rings is 1. The number of aryl methyl sites for hydroxylation is 1. The minimum atomic E-state index is 0.615. The molecule has 0 bridgehead atoms. The van der Waals surface area contributed by atoms with E-state index in [9.17, 15) is 0 Å². The van der Waals surface area contributed by atoms with Gasteiger partial charge in [-0.3, -0.25) is 0 Å². The molecule has 4 nitrogen and oxygen atoms in total. The second-order valence-electron chi connectivity index (χ2n) is 5.77. The molecule has 0 spiro atoms.